The number of hydrogen-bond donors (Lipinski definition) is 0. The standard InChI is InChI=1S/3C36H24BN.C34H22BN/c1-2-11-25(12-3-1)26-13-10-14-27(23-26)28-21-22-30-32-17-6-9-20-36(32)38-35-19-8-5-16-31(35)29-15-4-7-18-33(29)37(38)34(30)24-28;1-2-10-25(11-3-1)26-18-20-27(21-19-26)28-22-23-30-32-14-6-9-17-36(32)38-35-16-8-5-13-31(35)29-12-4-7-15-33(29)37(38)34(30)24-28;1-2-12-25(13-3-1)27-14-4-5-15-28(27)26-22-23-30-32-18-8-11-21-36(32)38-35-20-10-7-17-31(35)29-16-6-9-19-33(29)37(38)34(30)24-26;1-2-10-24-21-25(18-17-23(24)9-1)26-19-20-28-30-13-5-8-16-34(30)36-33-15-7-4-12-29(33)27-11-3-6-14-31(27)35(36)32(28)22-26/h3*1-24H;1-22H. The first-order valence-corrected chi connectivity index (χ1v) is 52.3. The van der Waals surface area contributed by atoms with Crippen molar-refractivity contribution >= 4 is 127 Å². The van der Waals surface area contributed by atoms with Crippen molar-refractivity contribution in [1.29, 1.82) is 0 Å². The van der Waals surface area contributed by atoms with E-state index in [1.54, 1.807) is 0 Å². The second-order valence-electron chi connectivity index (χ2n) is 40.1. The van der Waals surface area contributed by atoms with Gasteiger partial charge in [-0.1, -0.05) is 510 Å². The predicted octanol–water partition coefficient (Wildman–Crippen LogP) is 31.2. The van der Waals surface area contributed by atoms with Gasteiger partial charge in [-0.05, 0) is 238 Å². The highest BCUT2D eigenvalue weighted by Gasteiger charge is 2.48. The molecule has 0 saturated carbocycles. The summed E-state index contributed by atoms with van der Waals surface area (Å²) < 4.78 is 0. The van der Waals surface area contributed by atoms with Crippen LogP contribution in [-0.4, -0.2) is 27.4 Å². The van der Waals surface area contributed by atoms with E-state index in [9.17, 15) is 0 Å². The lowest BCUT2D eigenvalue weighted by Gasteiger charge is -2.43. The Labute approximate surface area is 877 Å². The van der Waals surface area contributed by atoms with Crippen molar-refractivity contribution in [1.82, 2.24) is 0 Å². The monoisotopic (exact) mass is 1900 g/mol. The van der Waals surface area contributed by atoms with E-state index in [-0.39, 0.29) is 27.4 Å². The fourth-order valence-electron chi connectivity index (χ4n) is 25.4. The number of fused-ring (bicyclic) bond motifs is 45. The van der Waals surface area contributed by atoms with E-state index < -0.39 is 0 Å². The third-order valence-corrected chi connectivity index (χ3v) is 32.1. The Morgan fingerprint density at radius 2 is 0.280 bits per heavy atom. The minimum Gasteiger partial charge on any atom is -0.376 e. The van der Waals surface area contributed by atoms with Crippen molar-refractivity contribution in [3.05, 3.63) is 570 Å². The average molecular weight is 1900 g/mol. The second-order valence-corrected chi connectivity index (χ2v) is 40.1. The lowest BCUT2D eigenvalue weighted by atomic mass is 9.43. The SMILES string of the molecule is c1ccc(-c2ccc(-c3ccc4c(c3)B3c5ccccc5-c5ccccc5N3c3ccccc3-4)cc2)cc1.c1ccc(-c2cccc(-c3ccc4c(c3)B3c5ccccc5-c5ccccc5N3c3ccccc3-4)c2)cc1.c1ccc(-c2ccccc2-c2ccc3c(c2)B2c4ccccc4-c4ccccc4N2c2ccccc2-3)cc1.c1ccc2c(c1)B1c3cc(-c4ccc5ccccc5c4)ccc3-c3ccccc3N1c1ccccc1-2. The first-order valence-electron chi connectivity index (χ1n) is 52.3. The van der Waals surface area contributed by atoms with E-state index in [1.807, 2.05) is 0 Å². The number of nitrogens with zero attached hydrogens (tertiary/aromatic N) is 4. The van der Waals surface area contributed by atoms with Gasteiger partial charge in [-0.15, -0.1) is 0 Å². The molecule has 0 unspecified atom stereocenters. The van der Waals surface area contributed by atoms with Gasteiger partial charge in [0.25, 0.3) is 0 Å². The summed E-state index contributed by atoms with van der Waals surface area (Å²) >= 11 is 0. The summed E-state index contributed by atoms with van der Waals surface area (Å²) in [7, 11) is 0. The van der Waals surface area contributed by atoms with E-state index >= 15 is 0 Å². The molecule has 24 aromatic rings. The van der Waals surface area contributed by atoms with Crippen LogP contribution in [0, 0.1) is 0 Å². The molecule has 0 spiro atoms. The van der Waals surface area contributed by atoms with E-state index in [1.165, 1.54) is 267 Å². The summed E-state index contributed by atoms with van der Waals surface area (Å²) in [6.07, 6.45) is 0. The molecule has 0 radical (unpaired) electrons. The lowest BCUT2D eigenvalue weighted by Crippen LogP contribution is -2.59. The summed E-state index contributed by atoms with van der Waals surface area (Å²) in [4.78, 5) is 10.2. The highest BCUT2D eigenvalue weighted by molar-refractivity contribution is 6.95. The maximum absolute atomic E-state index is 2.56. The minimum atomic E-state index is 0.106. The topological polar surface area (TPSA) is 13.0 Å². The van der Waals surface area contributed by atoms with Gasteiger partial charge in [0.1, 0.15) is 0 Å². The van der Waals surface area contributed by atoms with Crippen LogP contribution in [0.1, 0.15) is 0 Å². The first-order chi connectivity index (χ1) is 74.5. The van der Waals surface area contributed by atoms with E-state index in [0.717, 1.165) is 0 Å². The molecule has 8 aliphatic rings. The molecule has 32 rings (SSSR count). The minimum absolute atomic E-state index is 0.106. The van der Waals surface area contributed by atoms with Crippen LogP contribution in [0.4, 0.5) is 45.5 Å². The molecular formula is C142H94B4N4. The van der Waals surface area contributed by atoms with Crippen LogP contribution in [0.15, 0.2) is 570 Å². The summed E-state index contributed by atoms with van der Waals surface area (Å²) in [6.45, 7) is 0.467. The van der Waals surface area contributed by atoms with E-state index in [0.29, 0.717) is 0 Å². The van der Waals surface area contributed by atoms with Crippen LogP contribution in [0.3, 0.4) is 0 Å². The molecule has 0 fully saturated rings. The maximum atomic E-state index is 2.56. The van der Waals surface area contributed by atoms with Gasteiger partial charge < -0.3 is 19.2 Å². The van der Waals surface area contributed by atoms with Gasteiger partial charge in [-0.2, -0.15) is 0 Å². The Morgan fingerprint density at radius 3 is 0.613 bits per heavy atom. The van der Waals surface area contributed by atoms with Crippen molar-refractivity contribution in [2.75, 3.05) is 19.2 Å². The normalized spacial score (nSPS) is 12.7. The van der Waals surface area contributed by atoms with Crippen molar-refractivity contribution in [3.8, 4) is 167 Å². The van der Waals surface area contributed by atoms with Gasteiger partial charge in [0.05, 0.1) is 0 Å². The smallest absolute Gasteiger partial charge is 0.329 e. The third-order valence-electron chi connectivity index (χ3n) is 32.1. The molecule has 4 nitrogen and oxygen atoms in total. The van der Waals surface area contributed by atoms with Gasteiger partial charge in [-0.25, -0.2) is 0 Å². The summed E-state index contributed by atoms with van der Waals surface area (Å²) in [5.41, 5.74) is 59.4. The van der Waals surface area contributed by atoms with Gasteiger partial charge >= 0.3 is 27.4 Å². The highest BCUT2D eigenvalue weighted by atomic mass is 15.1. The molecule has 150 heavy (non-hydrogen) atoms. The molecule has 8 heteroatoms. The number of anilines is 8. The Kier molecular flexibility index (Phi) is 21.4. The fourth-order valence-corrected chi connectivity index (χ4v) is 25.4. The van der Waals surface area contributed by atoms with Gasteiger partial charge in [-0.3, -0.25) is 0 Å². The Morgan fingerprint density at radius 1 is 0.0933 bits per heavy atom. The van der Waals surface area contributed by atoms with Gasteiger partial charge in [0, 0.05) is 90.0 Å². The zero-order chi connectivity index (χ0) is 98.8. The number of benzene rings is 24. The van der Waals surface area contributed by atoms with Crippen LogP contribution in [-0.2, 0) is 0 Å². The highest BCUT2D eigenvalue weighted by Crippen LogP contribution is 2.53. The summed E-state index contributed by atoms with van der Waals surface area (Å²) in [6, 6.07) is 209. The Hall–Kier alpha value is -19.0. The molecule has 0 N–H and O–H groups in total. The zero-order valence-electron chi connectivity index (χ0n) is 82.4. The third kappa shape index (κ3) is 14.6. The van der Waals surface area contributed by atoms with Gasteiger partial charge in [0.2, 0.25) is 0 Å². The number of rotatable bonds is 7. The van der Waals surface area contributed by atoms with Crippen molar-refractivity contribution < 1.29 is 0 Å². The Bertz CT molecular complexity index is 9490. The molecule has 694 valence electrons. The molecule has 0 atom stereocenters. The van der Waals surface area contributed by atoms with Crippen molar-refractivity contribution in [2.24, 2.45) is 0 Å². The van der Waals surface area contributed by atoms with Crippen LogP contribution < -0.4 is 62.9 Å². The summed E-state index contributed by atoms with van der Waals surface area (Å²) in [5, 5.41) is 2.55. The average Bonchev–Trinajstić information content (AvgIpc) is 0.712. The van der Waals surface area contributed by atoms with Crippen LogP contribution >= 0.6 is 0 Å². The van der Waals surface area contributed by atoms with Crippen LogP contribution in [0.5, 0.6) is 0 Å². The number of para-hydroxylation sites is 8. The predicted molar refractivity (Wildman–Crippen MR) is 639 cm³/mol. The quantitative estimate of drug-likeness (QED) is 0.147. The Balaban J connectivity index is 0.0000000939. The van der Waals surface area contributed by atoms with Crippen molar-refractivity contribution in [2.45, 2.75) is 0 Å². The molecule has 24 aromatic carbocycles. The molecule has 8 heterocycles. The van der Waals surface area contributed by atoms with E-state index in [4.69, 9.17) is 0 Å². The lowest BCUT2D eigenvalue weighted by molar-refractivity contribution is 1.35. The van der Waals surface area contributed by atoms with E-state index in [2.05, 4.69) is 589 Å². The number of hydrogen-bond acceptors (Lipinski definition) is 4. The molecule has 8 aliphatic heterocycles. The largest absolute Gasteiger partial charge is 0.376 e. The van der Waals surface area contributed by atoms with Crippen molar-refractivity contribution in [3.63, 3.8) is 0 Å². The molecule has 0 saturated heterocycles. The zero-order valence-corrected chi connectivity index (χ0v) is 82.4. The van der Waals surface area contributed by atoms with Crippen LogP contribution in [0.25, 0.3) is 178 Å². The van der Waals surface area contributed by atoms with Gasteiger partial charge in [0.15, 0.2) is 0 Å². The second kappa shape index (κ2) is 36.6. The maximum Gasteiger partial charge on any atom is 0.329 e. The first kappa shape index (κ1) is 87.6. The molecular weight excluding hydrogens is 1800 g/mol. The molecule has 0 bridgehead atoms. The fraction of sp³-hybridized carbons (Fsp3) is 0. The molecule has 0 aromatic heterocycles. The van der Waals surface area contributed by atoms with Crippen LogP contribution in [0.2, 0.25) is 0 Å². The summed E-state index contributed by atoms with van der Waals surface area (Å²) in [5.74, 6) is 0. The molecule has 0 aliphatic carbocycles. The molecule has 0 amide bonds.